The highest BCUT2D eigenvalue weighted by atomic mass is 19.1. The zero-order chi connectivity index (χ0) is 20.5. The third kappa shape index (κ3) is 5.70. The van der Waals surface area contributed by atoms with E-state index in [0.29, 0.717) is 12.1 Å². The lowest BCUT2D eigenvalue weighted by Gasteiger charge is -2.46. The molecule has 0 spiro atoms. The molecule has 3 saturated heterocycles. The quantitative estimate of drug-likeness (QED) is 0.688. The number of hydrogen-bond donors (Lipinski definition) is 0. The van der Waals surface area contributed by atoms with E-state index in [2.05, 4.69) is 56.2 Å². The zero-order valence-electron chi connectivity index (χ0n) is 19.5. The zero-order valence-corrected chi connectivity index (χ0v) is 19.5. The van der Waals surface area contributed by atoms with Crippen LogP contribution in [0.5, 0.6) is 0 Å². The molecule has 3 nitrogen and oxygen atoms in total. The van der Waals surface area contributed by atoms with E-state index in [-0.39, 0.29) is 11.5 Å². The van der Waals surface area contributed by atoms with Crippen LogP contribution >= 0.6 is 0 Å². The monoisotopic (exact) mass is 395 g/mol. The highest BCUT2D eigenvalue weighted by Gasteiger charge is 2.36. The number of likely N-dealkylation sites (tertiary alicyclic amines) is 3. The van der Waals surface area contributed by atoms with Gasteiger partial charge in [-0.25, -0.2) is 4.39 Å². The molecule has 0 aromatic heterocycles. The maximum Gasteiger partial charge on any atom is 0.117 e. The minimum atomic E-state index is -0.660. The predicted molar refractivity (Wildman–Crippen MR) is 118 cm³/mol. The van der Waals surface area contributed by atoms with Crippen molar-refractivity contribution in [2.24, 2.45) is 17.8 Å². The third-order valence-corrected chi connectivity index (χ3v) is 7.90. The molecule has 2 atom stereocenters. The Kier molecular flexibility index (Phi) is 7.15. The van der Waals surface area contributed by atoms with Crippen LogP contribution in [0.4, 0.5) is 4.39 Å². The maximum atomic E-state index is 14.8. The topological polar surface area (TPSA) is 9.72 Å². The minimum Gasteiger partial charge on any atom is -0.303 e. The first-order chi connectivity index (χ1) is 13.0. The molecule has 3 fully saturated rings. The van der Waals surface area contributed by atoms with Gasteiger partial charge in [0.05, 0.1) is 0 Å². The van der Waals surface area contributed by atoms with Crippen LogP contribution in [0.15, 0.2) is 0 Å². The second-order valence-corrected chi connectivity index (χ2v) is 11.8. The van der Waals surface area contributed by atoms with Gasteiger partial charge in [0.2, 0.25) is 0 Å². The molecule has 164 valence electrons. The van der Waals surface area contributed by atoms with Crippen molar-refractivity contribution in [1.82, 2.24) is 14.7 Å². The molecule has 0 radical (unpaired) electrons. The van der Waals surface area contributed by atoms with Crippen molar-refractivity contribution in [1.29, 1.82) is 0 Å². The van der Waals surface area contributed by atoms with Gasteiger partial charge in [0.25, 0.3) is 0 Å². The summed E-state index contributed by atoms with van der Waals surface area (Å²) in [6.07, 6.45) is 5.77. The Bertz CT molecular complexity index is 479. The molecule has 3 rings (SSSR count). The molecule has 0 aromatic carbocycles. The Morgan fingerprint density at radius 3 is 1.61 bits per heavy atom. The first-order valence-corrected chi connectivity index (χ1v) is 11.9. The van der Waals surface area contributed by atoms with Crippen molar-refractivity contribution in [3.63, 3.8) is 0 Å². The summed E-state index contributed by atoms with van der Waals surface area (Å²) in [5.41, 5.74) is 0.413. The maximum absolute atomic E-state index is 14.8. The van der Waals surface area contributed by atoms with Gasteiger partial charge in [0.1, 0.15) is 6.17 Å². The second kappa shape index (κ2) is 8.89. The molecular weight excluding hydrogens is 349 g/mol. The molecular formula is C24H46FN3. The van der Waals surface area contributed by atoms with E-state index < -0.39 is 6.17 Å². The Morgan fingerprint density at radius 1 is 0.679 bits per heavy atom. The van der Waals surface area contributed by atoms with Gasteiger partial charge in [0.15, 0.2) is 0 Å². The van der Waals surface area contributed by atoms with E-state index in [4.69, 9.17) is 0 Å². The summed E-state index contributed by atoms with van der Waals surface area (Å²) in [6.45, 7) is 21.2. The van der Waals surface area contributed by atoms with Crippen molar-refractivity contribution in [3.05, 3.63) is 0 Å². The molecule has 2 unspecified atom stereocenters. The third-order valence-electron chi connectivity index (χ3n) is 7.90. The molecule has 3 heterocycles. The summed E-state index contributed by atoms with van der Waals surface area (Å²) >= 11 is 0. The summed E-state index contributed by atoms with van der Waals surface area (Å²) in [5, 5.41) is 0. The number of rotatable bonds is 3. The molecule has 0 amide bonds. The first kappa shape index (κ1) is 22.5. The van der Waals surface area contributed by atoms with Crippen LogP contribution in [0.25, 0.3) is 0 Å². The fourth-order valence-electron chi connectivity index (χ4n) is 5.75. The summed E-state index contributed by atoms with van der Waals surface area (Å²) in [4.78, 5) is 7.55. The van der Waals surface area contributed by atoms with Crippen LogP contribution in [0.1, 0.15) is 73.6 Å². The number of nitrogens with zero attached hydrogens (tertiary/aromatic N) is 3. The average Bonchev–Trinajstić information content (AvgIpc) is 2.62. The van der Waals surface area contributed by atoms with Gasteiger partial charge in [0, 0.05) is 30.1 Å². The van der Waals surface area contributed by atoms with Crippen LogP contribution in [-0.4, -0.2) is 77.8 Å². The van der Waals surface area contributed by atoms with Crippen molar-refractivity contribution in [3.8, 4) is 0 Å². The SMILES string of the molecule is CC(C)(C)N1CCC(C2CCN(CC3CCN(C(C)(C)C)CC3F)CC2)CC1. The molecule has 0 saturated carbocycles. The molecule has 3 aliphatic rings. The largest absolute Gasteiger partial charge is 0.303 e. The minimum absolute atomic E-state index is 0.0935. The fourth-order valence-corrected chi connectivity index (χ4v) is 5.75. The van der Waals surface area contributed by atoms with E-state index in [0.717, 1.165) is 31.3 Å². The smallest absolute Gasteiger partial charge is 0.117 e. The lowest BCUT2D eigenvalue weighted by Crippen LogP contribution is -2.53. The van der Waals surface area contributed by atoms with Crippen molar-refractivity contribution in [2.75, 3.05) is 45.8 Å². The van der Waals surface area contributed by atoms with Crippen LogP contribution in [0.2, 0.25) is 0 Å². The van der Waals surface area contributed by atoms with Gasteiger partial charge >= 0.3 is 0 Å². The van der Waals surface area contributed by atoms with E-state index in [1.165, 1.54) is 51.9 Å². The highest BCUT2D eigenvalue weighted by molar-refractivity contribution is 4.90. The van der Waals surface area contributed by atoms with Crippen LogP contribution in [-0.2, 0) is 0 Å². The van der Waals surface area contributed by atoms with Crippen molar-refractivity contribution >= 4 is 0 Å². The van der Waals surface area contributed by atoms with Crippen LogP contribution in [0, 0.1) is 17.8 Å². The number of hydrogen-bond acceptors (Lipinski definition) is 3. The molecule has 0 aromatic rings. The number of piperidine rings is 3. The van der Waals surface area contributed by atoms with Gasteiger partial charge in [-0.15, -0.1) is 0 Å². The first-order valence-electron chi connectivity index (χ1n) is 11.9. The van der Waals surface area contributed by atoms with E-state index in [1.54, 1.807) is 0 Å². The summed E-state index contributed by atoms with van der Waals surface area (Å²) in [7, 11) is 0. The normalized spacial score (nSPS) is 31.4. The lowest BCUT2D eigenvalue weighted by molar-refractivity contribution is 0.00667. The number of halogens is 1. The van der Waals surface area contributed by atoms with Gasteiger partial charge in [-0.1, -0.05) is 0 Å². The molecule has 3 aliphatic heterocycles. The van der Waals surface area contributed by atoms with Gasteiger partial charge in [-0.05, 0) is 118 Å². The van der Waals surface area contributed by atoms with Gasteiger partial charge in [-0.2, -0.15) is 0 Å². The molecule has 0 N–H and O–H groups in total. The van der Waals surface area contributed by atoms with Crippen LogP contribution < -0.4 is 0 Å². The Morgan fingerprint density at radius 2 is 1.14 bits per heavy atom. The molecule has 0 aliphatic carbocycles. The van der Waals surface area contributed by atoms with Gasteiger partial charge in [-0.3, -0.25) is 9.80 Å². The van der Waals surface area contributed by atoms with E-state index in [9.17, 15) is 4.39 Å². The summed E-state index contributed by atoms with van der Waals surface area (Å²) < 4.78 is 14.8. The van der Waals surface area contributed by atoms with Crippen molar-refractivity contribution < 1.29 is 4.39 Å². The average molecular weight is 396 g/mol. The molecule has 28 heavy (non-hydrogen) atoms. The van der Waals surface area contributed by atoms with Crippen LogP contribution in [0.3, 0.4) is 0 Å². The van der Waals surface area contributed by atoms with E-state index >= 15 is 0 Å². The lowest BCUT2D eigenvalue weighted by atomic mass is 9.78. The number of alkyl halides is 1. The second-order valence-electron chi connectivity index (χ2n) is 11.8. The Labute approximate surface area is 174 Å². The fraction of sp³-hybridized carbons (Fsp3) is 1.00. The Balaban J connectivity index is 1.39. The summed E-state index contributed by atoms with van der Waals surface area (Å²) in [5.74, 6) is 2.07. The standard InChI is InChI=1S/C24H46FN3/c1-23(2,3)27-14-9-20(10-15-27)19-7-12-26(13-8-19)17-21-11-16-28(18-22(21)25)24(4,5)6/h19-22H,7-18H2,1-6H3. The van der Waals surface area contributed by atoms with E-state index in [1.807, 2.05) is 0 Å². The predicted octanol–water partition coefficient (Wildman–Crippen LogP) is 4.67. The van der Waals surface area contributed by atoms with Crippen molar-refractivity contribution in [2.45, 2.75) is 90.9 Å². The van der Waals surface area contributed by atoms with Gasteiger partial charge < -0.3 is 4.90 Å². The summed E-state index contributed by atoms with van der Waals surface area (Å²) in [6, 6.07) is 0. The molecule has 0 bridgehead atoms. The Hall–Kier alpha value is -0.190. The molecule has 4 heteroatoms. The highest BCUT2D eigenvalue weighted by Crippen LogP contribution is 2.35.